The van der Waals surface area contributed by atoms with E-state index < -0.39 is 5.82 Å². The van der Waals surface area contributed by atoms with E-state index in [0.29, 0.717) is 12.3 Å². The molecule has 0 aromatic heterocycles. The van der Waals surface area contributed by atoms with Gasteiger partial charge in [0.2, 0.25) is 0 Å². The van der Waals surface area contributed by atoms with Crippen LogP contribution in [0.2, 0.25) is 5.02 Å². The van der Waals surface area contributed by atoms with Gasteiger partial charge in [0.05, 0.1) is 5.56 Å². The molecule has 0 saturated carbocycles. The van der Waals surface area contributed by atoms with Gasteiger partial charge in [-0.25, -0.2) is 4.39 Å². The van der Waals surface area contributed by atoms with Gasteiger partial charge in [-0.2, -0.15) is 0 Å². The van der Waals surface area contributed by atoms with Gasteiger partial charge >= 0.3 is 0 Å². The second kappa shape index (κ2) is 6.12. The number of carbonyl (C=O) groups is 1. The fraction of sp³-hybridized carbons (Fsp3) is 0.462. The second-order valence-electron chi connectivity index (χ2n) is 4.55. The Bertz CT molecular complexity index is 406. The summed E-state index contributed by atoms with van der Waals surface area (Å²) >= 11 is 5.64. The Hall–Kier alpha value is -0.930. The lowest BCUT2D eigenvalue weighted by Crippen LogP contribution is -2.26. The lowest BCUT2D eigenvalue weighted by atomic mass is 9.89. The van der Waals surface area contributed by atoms with Crippen LogP contribution in [0.25, 0.3) is 0 Å². The highest BCUT2D eigenvalue weighted by Gasteiger charge is 2.22. The van der Waals surface area contributed by atoms with Crippen molar-refractivity contribution in [3.8, 4) is 0 Å². The van der Waals surface area contributed by atoms with Crippen LogP contribution in [0.4, 0.5) is 4.39 Å². The lowest BCUT2D eigenvalue weighted by Gasteiger charge is -2.16. The molecule has 0 amide bonds. The maximum absolute atomic E-state index is 13.6. The van der Waals surface area contributed by atoms with Gasteiger partial charge < -0.3 is 5.73 Å². The Morgan fingerprint density at radius 1 is 1.47 bits per heavy atom. The molecule has 0 aliphatic carbocycles. The number of Topliss-reactive ketones (excluding diaryl/α,β-unsaturated/α-hetero) is 1. The average molecular weight is 258 g/mol. The van der Waals surface area contributed by atoms with Crippen molar-refractivity contribution in [1.29, 1.82) is 0 Å². The predicted molar refractivity (Wildman–Crippen MR) is 67.7 cm³/mol. The molecule has 1 unspecified atom stereocenters. The third-order valence-electron chi connectivity index (χ3n) is 2.61. The molecule has 0 saturated heterocycles. The van der Waals surface area contributed by atoms with Crippen molar-refractivity contribution in [2.24, 2.45) is 17.6 Å². The predicted octanol–water partition coefficient (Wildman–Crippen LogP) is 3.28. The fourth-order valence-electron chi connectivity index (χ4n) is 1.79. The van der Waals surface area contributed by atoms with Crippen LogP contribution in [0.15, 0.2) is 18.2 Å². The maximum Gasteiger partial charge on any atom is 0.170 e. The Labute approximate surface area is 106 Å². The SMILES string of the molecule is CC(C)CC(CN)C(=O)c1ccc(Cl)cc1F. The number of carbonyl (C=O) groups excluding carboxylic acids is 1. The van der Waals surface area contributed by atoms with Crippen LogP contribution in [-0.2, 0) is 0 Å². The number of rotatable bonds is 5. The summed E-state index contributed by atoms with van der Waals surface area (Å²) in [6.45, 7) is 4.25. The summed E-state index contributed by atoms with van der Waals surface area (Å²) < 4.78 is 13.6. The molecule has 1 aromatic rings. The highest BCUT2D eigenvalue weighted by Crippen LogP contribution is 2.21. The van der Waals surface area contributed by atoms with Crippen LogP contribution in [0.5, 0.6) is 0 Å². The number of hydrogen-bond acceptors (Lipinski definition) is 2. The van der Waals surface area contributed by atoms with E-state index in [1.54, 1.807) is 0 Å². The van der Waals surface area contributed by atoms with E-state index in [1.807, 2.05) is 13.8 Å². The van der Waals surface area contributed by atoms with Crippen molar-refractivity contribution in [3.05, 3.63) is 34.6 Å². The zero-order chi connectivity index (χ0) is 13.0. The largest absolute Gasteiger partial charge is 0.330 e. The molecule has 4 heteroatoms. The molecular formula is C13H17ClFNO. The molecule has 1 aromatic carbocycles. The average Bonchev–Trinajstić information content (AvgIpc) is 2.24. The van der Waals surface area contributed by atoms with Gasteiger partial charge in [-0.15, -0.1) is 0 Å². The zero-order valence-electron chi connectivity index (χ0n) is 10.0. The van der Waals surface area contributed by atoms with Crippen LogP contribution >= 0.6 is 11.6 Å². The molecule has 17 heavy (non-hydrogen) atoms. The lowest BCUT2D eigenvalue weighted by molar-refractivity contribution is 0.0904. The Morgan fingerprint density at radius 2 is 2.12 bits per heavy atom. The van der Waals surface area contributed by atoms with Gasteiger partial charge in [0.1, 0.15) is 5.82 Å². The van der Waals surface area contributed by atoms with Crippen LogP contribution in [0.1, 0.15) is 30.6 Å². The smallest absolute Gasteiger partial charge is 0.170 e. The summed E-state index contributed by atoms with van der Waals surface area (Å²) in [4.78, 5) is 12.1. The quantitative estimate of drug-likeness (QED) is 0.823. The summed E-state index contributed by atoms with van der Waals surface area (Å²) in [7, 11) is 0. The second-order valence-corrected chi connectivity index (χ2v) is 4.99. The standard InChI is InChI=1S/C13H17ClFNO/c1-8(2)5-9(7-16)13(17)11-4-3-10(14)6-12(11)15/h3-4,6,8-9H,5,7,16H2,1-2H3. The number of halogens is 2. The molecule has 0 radical (unpaired) electrons. The first-order chi connectivity index (χ1) is 7.95. The molecule has 0 aliphatic rings. The number of hydrogen-bond donors (Lipinski definition) is 1. The molecule has 2 N–H and O–H groups in total. The van der Waals surface area contributed by atoms with E-state index in [1.165, 1.54) is 12.1 Å². The van der Waals surface area contributed by atoms with Crippen LogP contribution in [-0.4, -0.2) is 12.3 Å². The third-order valence-corrected chi connectivity index (χ3v) is 2.84. The number of benzene rings is 1. The van der Waals surface area contributed by atoms with E-state index in [0.717, 1.165) is 6.07 Å². The van der Waals surface area contributed by atoms with Crippen molar-refractivity contribution in [2.75, 3.05) is 6.54 Å². The van der Waals surface area contributed by atoms with Crippen LogP contribution < -0.4 is 5.73 Å². The minimum atomic E-state index is -0.579. The Balaban J connectivity index is 2.93. The topological polar surface area (TPSA) is 43.1 Å². The fourth-order valence-corrected chi connectivity index (χ4v) is 1.95. The van der Waals surface area contributed by atoms with E-state index in [9.17, 15) is 9.18 Å². The van der Waals surface area contributed by atoms with Crippen LogP contribution in [0.3, 0.4) is 0 Å². The first-order valence-corrected chi connectivity index (χ1v) is 6.02. The minimum absolute atomic E-state index is 0.0745. The van der Waals surface area contributed by atoms with Gasteiger partial charge in [-0.1, -0.05) is 25.4 Å². The first-order valence-electron chi connectivity index (χ1n) is 5.65. The third kappa shape index (κ3) is 3.79. The van der Waals surface area contributed by atoms with Crippen molar-refractivity contribution >= 4 is 17.4 Å². The molecule has 2 nitrogen and oxygen atoms in total. The van der Waals surface area contributed by atoms with Crippen LogP contribution in [0, 0.1) is 17.7 Å². The molecule has 1 atom stereocenters. The van der Waals surface area contributed by atoms with Gasteiger partial charge in [-0.05, 0) is 30.5 Å². The van der Waals surface area contributed by atoms with E-state index in [2.05, 4.69) is 0 Å². The summed E-state index contributed by atoms with van der Waals surface area (Å²) in [5.41, 5.74) is 5.64. The Kier molecular flexibility index (Phi) is 5.09. The van der Waals surface area contributed by atoms with Crippen molar-refractivity contribution in [2.45, 2.75) is 20.3 Å². The maximum atomic E-state index is 13.6. The molecule has 1 rings (SSSR count). The monoisotopic (exact) mass is 257 g/mol. The normalized spacial score (nSPS) is 12.8. The van der Waals surface area contributed by atoms with E-state index >= 15 is 0 Å². The van der Waals surface area contributed by atoms with E-state index in [-0.39, 0.29) is 28.8 Å². The molecule has 0 bridgehead atoms. The Morgan fingerprint density at radius 3 is 2.59 bits per heavy atom. The molecule has 0 aliphatic heterocycles. The van der Waals surface area contributed by atoms with Crippen molar-refractivity contribution < 1.29 is 9.18 Å². The molecule has 94 valence electrons. The minimum Gasteiger partial charge on any atom is -0.330 e. The van der Waals surface area contributed by atoms with Gasteiger partial charge in [0, 0.05) is 17.5 Å². The highest BCUT2D eigenvalue weighted by atomic mass is 35.5. The molecule has 0 fully saturated rings. The summed E-state index contributed by atoms with van der Waals surface area (Å²) in [6, 6.07) is 4.08. The van der Waals surface area contributed by atoms with Crippen molar-refractivity contribution in [3.63, 3.8) is 0 Å². The molecule has 0 heterocycles. The summed E-state index contributed by atoms with van der Waals surface area (Å²) in [5, 5.41) is 0.284. The van der Waals surface area contributed by atoms with Gasteiger partial charge in [0.25, 0.3) is 0 Å². The number of nitrogens with two attached hydrogens (primary N) is 1. The summed E-state index contributed by atoms with van der Waals surface area (Å²) in [5.74, 6) is -0.798. The van der Waals surface area contributed by atoms with Gasteiger partial charge in [0.15, 0.2) is 5.78 Å². The summed E-state index contributed by atoms with van der Waals surface area (Å²) in [6.07, 6.45) is 0.664. The number of ketones is 1. The first kappa shape index (κ1) is 14.1. The van der Waals surface area contributed by atoms with E-state index in [4.69, 9.17) is 17.3 Å². The molecule has 0 spiro atoms. The zero-order valence-corrected chi connectivity index (χ0v) is 10.8. The molecular weight excluding hydrogens is 241 g/mol. The van der Waals surface area contributed by atoms with Crippen molar-refractivity contribution in [1.82, 2.24) is 0 Å². The highest BCUT2D eigenvalue weighted by molar-refractivity contribution is 6.30. The van der Waals surface area contributed by atoms with Gasteiger partial charge in [-0.3, -0.25) is 4.79 Å².